The van der Waals surface area contributed by atoms with Crippen LogP contribution >= 0.6 is 0 Å². The van der Waals surface area contributed by atoms with Crippen molar-refractivity contribution in [2.75, 3.05) is 38.3 Å². The average Bonchev–Trinajstić information content (AvgIpc) is 2.72. The number of halogens is 4. The maximum atomic E-state index is 13.5. The predicted octanol–water partition coefficient (Wildman–Crippen LogP) is 3.69. The number of hydrogen-bond donors (Lipinski definition) is 0. The molecular weight excluding hydrogens is 402 g/mol. The van der Waals surface area contributed by atoms with E-state index < -0.39 is 29.2 Å². The number of methoxy groups -OCH3 is 1. The number of rotatable bonds is 4. The van der Waals surface area contributed by atoms with E-state index in [0.29, 0.717) is 5.69 Å². The first-order chi connectivity index (χ1) is 14.2. The second kappa shape index (κ2) is 8.71. The molecule has 2 aromatic carbocycles. The van der Waals surface area contributed by atoms with Crippen LogP contribution in [-0.2, 0) is 10.9 Å². The monoisotopic (exact) mass is 421 g/mol. The van der Waals surface area contributed by atoms with Gasteiger partial charge in [-0.05, 0) is 36.4 Å². The Bertz CT molecular complexity index is 971. The molecule has 1 amide bonds. The van der Waals surface area contributed by atoms with Gasteiger partial charge in [0.05, 0.1) is 29.8 Å². The Morgan fingerprint density at radius 3 is 2.63 bits per heavy atom. The minimum Gasteiger partial charge on any atom is -0.382 e. The summed E-state index contributed by atoms with van der Waals surface area (Å²) in [6.45, 7) is 0.883. The lowest BCUT2D eigenvalue weighted by molar-refractivity contribution is -0.137. The smallest absolute Gasteiger partial charge is 0.382 e. The van der Waals surface area contributed by atoms with E-state index in [1.807, 2.05) is 0 Å². The third kappa shape index (κ3) is 4.54. The lowest BCUT2D eigenvalue weighted by Crippen LogP contribution is -2.56. The van der Waals surface area contributed by atoms with Crippen LogP contribution in [0.2, 0.25) is 0 Å². The lowest BCUT2D eigenvalue weighted by atomic mass is 10.0. The highest BCUT2D eigenvalue weighted by Crippen LogP contribution is 2.35. The summed E-state index contributed by atoms with van der Waals surface area (Å²) in [6, 6.07) is 10.1. The molecule has 0 N–H and O–H groups in total. The zero-order valence-corrected chi connectivity index (χ0v) is 16.1. The van der Waals surface area contributed by atoms with Gasteiger partial charge < -0.3 is 14.5 Å². The number of nitrogens with zero attached hydrogens (tertiary/aromatic N) is 3. The summed E-state index contributed by atoms with van der Waals surface area (Å²) in [5.74, 6) is -0.878. The summed E-state index contributed by atoms with van der Waals surface area (Å²) >= 11 is 0. The largest absolute Gasteiger partial charge is 0.417 e. The number of hydrogen-bond acceptors (Lipinski definition) is 4. The number of carbonyl (C=O) groups is 1. The van der Waals surface area contributed by atoms with Crippen LogP contribution in [-0.4, -0.2) is 50.2 Å². The van der Waals surface area contributed by atoms with Gasteiger partial charge in [0.15, 0.2) is 0 Å². The fourth-order valence-corrected chi connectivity index (χ4v) is 3.56. The molecule has 0 bridgehead atoms. The SMILES string of the molecule is COCC1CN(C(=O)c2cccc(F)c2)CCN1c1ccc(C#N)c(C(F)(F)F)c1. The van der Waals surface area contributed by atoms with E-state index in [9.17, 15) is 22.4 Å². The van der Waals surface area contributed by atoms with Crippen molar-refractivity contribution in [2.24, 2.45) is 0 Å². The van der Waals surface area contributed by atoms with Crippen molar-refractivity contribution >= 4 is 11.6 Å². The van der Waals surface area contributed by atoms with Crippen LogP contribution in [0, 0.1) is 17.1 Å². The van der Waals surface area contributed by atoms with Crippen molar-refractivity contribution in [3.05, 3.63) is 65.0 Å². The highest BCUT2D eigenvalue weighted by molar-refractivity contribution is 5.94. The first-order valence-corrected chi connectivity index (χ1v) is 9.16. The van der Waals surface area contributed by atoms with Gasteiger partial charge in [-0.1, -0.05) is 6.07 Å². The number of ether oxygens (including phenoxy) is 1. The van der Waals surface area contributed by atoms with Gasteiger partial charge in [0.1, 0.15) is 5.82 Å². The van der Waals surface area contributed by atoms with Crippen LogP contribution in [0.1, 0.15) is 21.5 Å². The molecule has 1 unspecified atom stereocenters. The second-order valence-electron chi connectivity index (χ2n) is 6.90. The van der Waals surface area contributed by atoms with Crippen LogP contribution in [0.25, 0.3) is 0 Å². The van der Waals surface area contributed by atoms with E-state index in [1.165, 1.54) is 36.3 Å². The Hall–Kier alpha value is -3.12. The summed E-state index contributed by atoms with van der Waals surface area (Å²) in [7, 11) is 1.46. The summed E-state index contributed by atoms with van der Waals surface area (Å²) in [4.78, 5) is 16.0. The third-order valence-electron chi connectivity index (χ3n) is 4.96. The molecule has 9 heteroatoms. The summed E-state index contributed by atoms with van der Waals surface area (Å²) < 4.78 is 58.7. The molecule has 0 spiro atoms. The van der Waals surface area contributed by atoms with Crippen molar-refractivity contribution in [1.82, 2.24) is 4.90 Å². The number of benzene rings is 2. The molecule has 1 atom stereocenters. The first kappa shape index (κ1) is 21.6. The van der Waals surface area contributed by atoms with Gasteiger partial charge in [-0.15, -0.1) is 0 Å². The van der Waals surface area contributed by atoms with E-state index in [0.717, 1.165) is 18.2 Å². The van der Waals surface area contributed by atoms with Gasteiger partial charge >= 0.3 is 6.18 Å². The highest BCUT2D eigenvalue weighted by atomic mass is 19.4. The number of piperazine rings is 1. The molecule has 2 aromatic rings. The third-order valence-corrected chi connectivity index (χ3v) is 4.96. The Morgan fingerprint density at radius 2 is 2.00 bits per heavy atom. The molecule has 0 aliphatic carbocycles. The Labute approximate surface area is 171 Å². The van der Waals surface area contributed by atoms with Crippen LogP contribution in [0.15, 0.2) is 42.5 Å². The van der Waals surface area contributed by atoms with Crippen molar-refractivity contribution in [2.45, 2.75) is 12.2 Å². The molecule has 1 heterocycles. The van der Waals surface area contributed by atoms with E-state index in [2.05, 4.69) is 0 Å². The van der Waals surface area contributed by atoms with Crippen molar-refractivity contribution in [1.29, 1.82) is 5.26 Å². The van der Waals surface area contributed by atoms with Crippen molar-refractivity contribution < 1.29 is 27.1 Å². The second-order valence-corrected chi connectivity index (χ2v) is 6.90. The maximum Gasteiger partial charge on any atom is 0.417 e. The van der Waals surface area contributed by atoms with Gasteiger partial charge in [0, 0.05) is 38.0 Å². The normalized spacial score (nSPS) is 17.0. The molecule has 1 fully saturated rings. The number of amides is 1. The van der Waals surface area contributed by atoms with E-state index in [1.54, 1.807) is 11.0 Å². The zero-order valence-electron chi connectivity index (χ0n) is 16.1. The number of carbonyl (C=O) groups excluding carboxylic acids is 1. The van der Waals surface area contributed by atoms with E-state index in [4.69, 9.17) is 10.00 Å². The van der Waals surface area contributed by atoms with Crippen molar-refractivity contribution in [3.8, 4) is 6.07 Å². The standard InChI is InChI=1S/C21H19F4N3O2/c1-30-13-18-12-27(20(29)14-3-2-4-16(22)9-14)7-8-28(18)17-6-5-15(11-26)19(10-17)21(23,24)25/h2-6,9-10,18H,7-8,12-13H2,1H3. The van der Waals surface area contributed by atoms with Crippen LogP contribution in [0.4, 0.5) is 23.2 Å². The molecule has 0 aromatic heterocycles. The predicted molar refractivity (Wildman–Crippen MR) is 101 cm³/mol. The van der Waals surface area contributed by atoms with Gasteiger partial charge in [-0.2, -0.15) is 18.4 Å². The zero-order chi connectivity index (χ0) is 21.9. The van der Waals surface area contributed by atoms with E-state index in [-0.39, 0.29) is 37.7 Å². The van der Waals surface area contributed by atoms with E-state index >= 15 is 0 Å². The van der Waals surface area contributed by atoms with Gasteiger partial charge in [-0.25, -0.2) is 4.39 Å². The minimum absolute atomic E-state index is 0.175. The van der Waals surface area contributed by atoms with Crippen LogP contribution < -0.4 is 4.90 Å². The lowest BCUT2D eigenvalue weighted by Gasteiger charge is -2.42. The summed E-state index contributed by atoms with van der Waals surface area (Å²) in [5, 5.41) is 8.99. The Morgan fingerprint density at radius 1 is 1.23 bits per heavy atom. The number of nitriles is 1. The molecule has 1 saturated heterocycles. The Kier molecular flexibility index (Phi) is 6.27. The number of anilines is 1. The molecule has 0 saturated carbocycles. The number of alkyl halides is 3. The van der Waals surface area contributed by atoms with Gasteiger partial charge in [-0.3, -0.25) is 4.79 Å². The fraction of sp³-hybridized carbons (Fsp3) is 0.333. The highest BCUT2D eigenvalue weighted by Gasteiger charge is 2.36. The van der Waals surface area contributed by atoms with Crippen LogP contribution in [0.5, 0.6) is 0 Å². The molecule has 3 rings (SSSR count). The molecule has 30 heavy (non-hydrogen) atoms. The topological polar surface area (TPSA) is 56.6 Å². The summed E-state index contributed by atoms with van der Waals surface area (Å²) in [6.07, 6.45) is -4.66. The van der Waals surface area contributed by atoms with Crippen molar-refractivity contribution in [3.63, 3.8) is 0 Å². The molecule has 158 valence electrons. The summed E-state index contributed by atoms with van der Waals surface area (Å²) in [5.41, 5.74) is -0.954. The molecular formula is C21H19F4N3O2. The molecule has 1 aliphatic rings. The molecule has 0 radical (unpaired) electrons. The minimum atomic E-state index is -4.66. The Balaban J connectivity index is 1.86. The quantitative estimate of drug-likeness (QED) is 0.707. The fourth-order valence-electron chi connectivity index (χ4n) is 3.56. The average molecular weight is 421 g/mol. The maximum absolute atomic E-state index is 13.5. The molecule has 1 aliphatic heterocycles. The van der Waals surface area contributed by atoms with Gasteiger partial charge in [0.2, 0.25) is 0 Å². The van der Waals surface area contributed by atoms with Crippen LogP contribution in [0.3, 0.4) is 0 Å². The van der Waals surface area contributed by atoms with Gasteiger partial charge in [0.25, 0.3) is 5.91 Å². The molecule has 5 nitrogen and oxygen atoms in total. The first-order valence-electron chi connectivity index (χ1n) is 9.16.